The Balaban J connectivity index is 0. The van der Waals surface area contributed by atoms with E-state index in [1.165, 1.54) is 52.6 Å². The molecule has 0 N–H and O–H groups in total. The molecule has 0 saturated carbocycles. The molecule has 3 nitrogen and oxygen atoms in total. The minimum atomic E-state index is -0.839. The van der Waals surface area contributed by atoms with Crippen molar-refractivity contribution < 1.29 is 14.6 Å². The van der Waals surface area contributed by atoms with E-state index >= 15 is 0 Å². The topological polar surface area (TPSA) is 35.5 Å². The predicted molar refractivity (Wildman–Crippen MR) is 83.7 cm³/mol. The van der Waals surface area contributed by atoms with Gasteiger partial charge in [-0.1, -0.05) is 0 Å². The van der Waals surface area contributed by atoms with Crippen LogP contribution in [-0.2, 0) is 14.6 Å². The Labute approximate surface area is 127 Å². The Bertz CT molecular complexity index is 167. The zero-order chi connectivity index (χ0) is 14.9. The number of rotatable bonds is 10. The first-order valence-electron chi connectivity index (χ1n) is 7.67. The van der Waals surface area contributed by atoms with Crippen LogP contribution in [0.25, 0.3) is 0 Å². The summed E-state index contributed by atoms with van der Waals surface area (Å²) in [7, 11) is 1.28. The van der Waals surface area contributed by atoms with Gasteiger partial charge in [0.2, 0.25) is 0 Å². The van der Waals surface area contributed by atoms with Crippen molar-refractivity contribution in [3.05, 3.63) is 0 Å². The predicted octanol–water partition coefficient (Wildman–Crippen LogP) is 4.99. The second-order valence-corrected chi connectivity index (χ2v) is 13.4. The maximum Gasteiger partial charge on any atom is 0.339 e. The van der Waals surface area contributed by atoms with E-state index in [1.54, 1.807) is 13.3 Å². The molecule has 0 saturated heterocycles. The maximum atomic E-state index is 9.70. The van der Waals surface area contributed by atoms with Crippen LogP contribution in [0.5, 0.6) is 0 Å². The van der Waals surface area contributed by atoms with Crippen LogP contribution in [0.2, 0.25) is 13.3 Å². The SMILES string of the molecule is CCC[CH2][Sn+]([CH2]CCC)[CH2]CCC.COOC(C)=O. The van der Waals surface area contributed by atoms with Crippen LogP contribution in [0.3, 0.4) is 0 Å². The number of carbonyl (C=O) groups excluding carboxylic acids is 1. The molecule has 0 fully saturated rings. The third-order valence-electron chi connectivity index (χ3n) is 2.85. The summed E-state index contributed by atoms with van der Waals surface area (Å²) in [6.45, 7) is 8.27. The molecule has 0 aliphatic carbocycles. The van der Waals surface area contributed by atoms with E-state index in [-0.39, 0.29) is 0 Å². The van der Waals surface area contributed by atoms with Gasteiger partial charge < -0.3 is 0 Å². The Hall–Kier alpha value is 0.229. The number of carbonyl (C=O) groups is 1. The van der Waals surface area contributed by atoms with Crippen molar-refractivity contribution >= 4 is 25.7 Å². The summed E-state index contributed by atoms with van der Waals surface area (Å²) in [5.74, 6) is -0.433. The number of unbranched alkanes of at least 4 members (excludes halogenated alkanes) is 3. The number of hydrogen-bond donors (Lipinski definition) is 0. The van der Waals surface area contributed by atoms with Crippen molar-refractivity contribution in [2.75, 3.05) is 7.11 Å². The van der Waals surface area contributed by atoms with Crippen molar-refractivity contribution in [1.82, 2.24) is 0 Å². The second-order valence-electron chi connectivity index (χ2n) is 4.80. The normalized spacial score (nSPS) is 9.53. The molecule has 0 aromatic carbocycles. The average Bonchev–Trinajstić information content (AvgIpc) is 2.38. The smallest absolute Gasteiger partial charge is 0.299 e. The van der Waals surface area contributed by atoms with E-state index in [9.17, 15) is 4.79 Å². The summed E-state index contributed by atoms with van der Waals surface area (Å²) in [5.41, 5.74) is 0. The van der Waals surface area contributed by atoms with Crippen LogP contribution < -0.4 is 0 Å². The molecule has 0 aliphatic heterocycles. The van der Waals surface area contributed by atoms with Gasteiger partial charge in [0.25, 0.3) is 0 Å². The van der Waals surface area contributed by atoms with Crippen LogP contribution >= 0.6 is 0 Å². The first-order chi connectivity index (χ1) is 9.12. The fourth-order valence-corrected chi connectivity index (χ4v) is 11.2. The van der Waals surface area contributed by atoms with Crippen LogP contribution in [0.4, 0.5) is 0 Å². The molecule has 0 spiro atoms. The molecule has 0 radical (unpaired) electrons. The minimum Gasteiger partial charge on any atom is -0.299 e. The summed E-state index contributed by atoms with van der Waals surface area (Å²) >= 11 is -0.839. The van der Waals surface area contributed by atoms with E-state index in [0.29, 0.717) is 0 Å². The molecule has 0 aromatic rings. The molecule has 0 rings (SSSR count). The summed E-state index contributed by atoms with van der Waals surface area (Å²) in [4.78, 5) is 17.6. The summed E-state index contributed by atoms with van der Waals surface area (Å²) in [6, 6.07) is 0. The molecule has 0 amide bonds. The van der Waals surface area contributed by atoms with Gasteiger partial charge in [0, 0.05) is 6.92 Å². The third kappa shape index (κ3) is 20.7. The quantitative estimate of drug-likeness (QED) is 0.304. The van der Waals surface area contributed by atoms with E-state index in [0.717, 1.165) is 0 Å². The van der Waals surface area contributed by atoms with Gasteiger partial charge in [0.15, 0.2) is 0 Å². The van der Waals surface area contributed by atoms with E-state index in [4.69, 9.17) is 0 Å². The first kappa shape index (κ1) is 21.5. The van der Waals surface area contributed by atoms with Crippen molar-refractivity contribution in [3.8, 4) is 0 Å². The Morgan fingerprint density at radius 3 is 1.42 bits per heavy atom. The van der Waals surface area contributed by atoms with Gasteiger partial charge in [-0.3, -0.25) is 4.89 Å². The van der Waals surface area contributed by atoms with Crippen LogP contribution in [-0.4, -0.2) is 32.8 Å². The first-order valence-corrected chi connectivity index (χ1v) is 13.7. The zero-order valence-electron chi connectivity index (χ0n) is 13.6. The van der Waals surface area contributed by atoms with Crippen LogP contribution in [0, 0.1) is 0 Å². The van der Waals surface area contributed by atoms with Crippen molar-refractivity contribution in [2.45, 2.75) is 79.5 Å². The van der Waals surface area contributed by atoms with Gasteiger partial charge in [-0.05, 0) is 0 Å². The Morgan fingerprint density at radius 2 is 1.26 bits per heavy atom. The van der Waals surface area contributed by atoms with Gasteiger partial charge >= 0.3 is 98.3 Å². The largest absolute Gasteiger partial charge is 0.339 e. The van der Waals surface area contributed by atoms with Crippen LogP contribution in [0.1, 0.15) is 66.2 Å². The Kier molecular flexibility index (Phi) is 20.7. The molecule has 0 unspecified atom stereocenters. The van der Waals surface area contributed by atoms with Gasteiger partial charge in [0.05, 0.1) is 7.11 Å². The molecule has 0 bridgehead atoms. The molecule has 0 aromatic heterocycles. The molecule has 114 valence electrons. The molecular weight excluding hydrogens is 347 g/mol. The van der Waals surface area contributed by atoms with Gasteiger partial charge in [-0.2, -0.15) is 4.89 Å². The molecule has 4 heteroatoms. The van der Waals surface area contributed by atoms with Crippen molar-refractivity contribution in [3.63, 3.8) is 0 Å². The van der Waals surface area contributed by atoms with Gasteiger partial charge in [-0.15, -0.1) is 0 Å². The molecule has 19 heavy (non-hydrogen) atoms. The summed E-state index contributed by atoms with van der Waals surface area (Å²) < 4.78 is 5.04. The third-order valence-corrected chi connectivity index (χ3v) is 11.9. The van der Waals surface area contributed by atoms with E-state index in [1.807, 2.05) is 0 Å². The van der Waals surface area contributed by atoms with Crippen molar-refractivity contribution in [1.29, 1.82) is 0 Å². The average molecular weight is 380 g/mol. The minimum absolute atomic E-state index is 0.433. The summed E-state index contributed by atoms with van der Waals surface area (Å²) in [5, 5.41) is 0. The van der Waals surface area contributed by atoms with Crippen LogP contribution in [0.15, 0.2) is 0 Å². The van der Waals surface area contributed by atoms with Gasteiger partial charge in [-0.25, -0.2) is 4.79 Å². The van der Waals surface area contributed by atoms with E-state index in [2.05, 4.69) is 30.5 Å². The van der Waals surface area contributed by atoms with E-state index < -0.39 is 25.7 Å². The fourth-order valence-electron chi connectivity index (χ4n) is 1.77. The maximum absolute atomic E-state index is 9.70. The van der Waals surface area contributed by atoms with Crippen molar-refractivity contribution in [2.24, 2.45) is 0 Å². The second kappa shape index (κ2) is 18.2. The van der Waals surface area contributed by atoms with Gasteiger partial charge in [0.1, 0.15) is 0 Å². The standard InChI is InChI=1S/3C4H9.C3H6O3.Sn/c3*1-3-4-2;1-3(4)6-5-2;/h3*1,3-4H2,2H3;1-2H3;/q;;;;+1. The monoisotopic (exact) mass is 381 g/mol. The molecular formula is C15H33O3Sn+. The molecule has 0 aliphatic rings. The molecule has 0 heterocycles. The Morgan fingerprint density at radius 1 is 0.895 bits per heavy atom. The fraction of sp³-hybridized carbons (Fsp3) is 0.933. The molecule has 0 atom stereocenters. The number of hydrogen-bond acceptors (Lipinski definition) is 3. The zero-order valence-corrected chi connectivity index (χ0v) is 16.4. The summed E-state index contributed by atoms with van der Waals surface area (Å²) in [6.07, 6.45) is 8.85.